The lowest BCUT2D eigenvalue weighted by Gasteiger charge is -2.43. The number of amides is 1. The average Bonchev–Trinajstić information content (AvgIpc) is 3.18. The number of nitrogens with zero attached hydrogens (tertiary/aromatic N) is 3. The van der Waals surface area contributed by atoms with Gasteiger partial charge in [0, 0.05) is 19.2 Å². The van der Waals surface area contributed by atoms with Crippen LogP contribution in [0.1, 0.15) is 40.0 Å². The largest absolute Gasteiger partial charge is 0.417 e. The number of benzene rings is 1. The molecule has 4 rings (SSSR count). The molecule has 0 spiro atoms. The van der Waals surface area contributed by atoms with Crippen molar-refractivity contribution in [3.05, 3.63) is 64.4 Å². The SMILES string of the molecule is Cc1cccc(-c2sc(C)nc2C(=O)N2CC(F)(F)C[C@@H](C)[C@H]2CNc2ccc(C(F)(F)F)cn2)c1. The minimum Gasteiger partial charge on any atom is -0.368 e. The summed E-state index contributed by atoms with van der Waals surface area (Å²) in [6, 6.07) is 8.96. The second-order valence-corrected chi connectivity index (χ2v) is 10.3. The number of thiazole rings is 1. The quantitative estimate of drug-likeness (QED) is 0.391. The fourth-order valence-corrected chi connectivity index (χ4v) is 5.35. The summed E-state index contributed by atoms with van der Waals surface area (Å²) in [5.41, 5.74) is 0.995. The summed E-state index contributed by atoms with van der Waals surface area (Å²) in [5.74, 6) is -4.10. The van der Waals surface area contributed by atoms with Crippen LogP contribution in [0.4, 0.5) is 27.8 Å². The van der Waals surface area contributed by atoms with Crippen molar-refractivity contribution in [1.82, 2.24) is 14.9 Å². The zero-order valence-electron chi connectivity index (χ0n) is 19.9. The molecular formula is C25H25F5N4OS. The molecule has 1 aromatic carbocycles. The lowest BCUT2D eigenvalue weighted by atomic mass is 9.88. The maximum absolute atomic E-state index is 14.6. The number of halogens is 5. The fourth-order valence-electron chi connectivity index (χ4n) is 4.44. The van der Waals surface area contributed by atoms with Gasteiger partial charge in [0.15, 0.2) is 0 Å². The normalized spacial score (nSPS) is 19.8. The Hall–Kier alpha value is -3.08. The van der Waals surface area contributed by atoms with Gasteiger partial charge in [-0.15, -0.1) is 11.3 Å². The molecule has 1 fully saturated rings. The molecule has 0 saturated carbocycles. The molecule has 11 heteroatoms. The molecule has 3 aromatic rings. The minimum absolute atomic E-state index is 0.0459. The predicted molar refractivity (Wildman–Crippen MR) is 128 cm³/mol. The standard InChI is InChI=1S/C25H25F5N4OS/c1-14-5-4-6-17(9-14)22-21(33-16(3)36-22)23(35)34-13-24(26,27)10-15(2)19(34)12-32-20-8-7-18(11-31-20)25(28,29)30/h4-9,11,15,19H,10,12-13H2,1-3H3,(H,31,32)/t15-,19-/m1/s1. The Bertz CT molecular complexity index is 1240. The van der Waals surface area contributed by atoms with Gasteiger partial charge in [-0.25, -0.2) is 18.7 Å². The van der Waals surface area contributed by atoms with Crippen molar-refractivity contribution in [1.29, 1.82) is 0 Å². The van der Waals surface area contributed by atoms with Crippen molar-refractivity contribution >= 4 is 23.1 Å². The topological polar surface area (TPSA) is 58.1 Å². The van der Waals surface area contributed by atoms with Crippen LogP contribution in [-0.4, -0.2) is 45.8 Å². The van der Waals surface area contributed by atoms with Gasteiger partial charge in [-0.1, -0.05) is 36.8 Å². The van der Waals surface area contributed by atoms with Crippen molar-refractivity contribution < 1.29 is 26.7 Å². The van der Waals surface area contributed by atoms with Crippen LogP contribution in [-0.2, 0) is 6.18 Å². The van der Waals surface area contributed by atoms with Gasteiger partial charge in [0.1, 0.15) is 11.5 Å². The van der Waals surface area contributed by atoms with Crippen molar-refractivity contribution in [2.75, 3.05) is 18.4 Å². The van der Waals surface area contributed by atoms with Crippen LogP contribution in [0, 0.1) is 19.8 Å². The highest BCUT2D eigenvalue weighted by Gasteiger charge is 2.46. The first kappa shape index (κ1) is 26.0. The Kier molecular flexibility index (Phi) is 7.05. The van der Waals surface area contributed by atoms with Crippen LogP contribution in [0.2, 0.25) is 0 Å². The molecule has 0 bridgehead atoms. The van der Waals surface area contributed by atoms with Crippen molar-refractivity contribution in [3.63, 3.8) is 0 Å². The van der Waals surface area contributed by atoms with Crippen LogP contribution in [0.25, 0.3) is 10.4 Å². The van der Waals surface area contributed by atoms with E-state index in [0.29, 0.717) is 16.1 Å². The fraction of sp³-hybridized carbons (Fsp3) is 0.400. The Labute approximate surface area is 209 Å². The molecule has 1 aliphatic heterocycles. The molecular weight excluding hydrogens is 499 g/mol. The second kappa shape index (κ2) is 9.76. The van der Waals surface area contributed by atoms with Gasteiger partial charge in [0.25, 0.3) is 11.8 Å². The summed E-state index contributed by atoms with van der Waals surface area (Å²) in [6.45, 7) is 4.58. The van der Waals surface area contributed by atoms with Gasteiger partial charge in [0.2, 0.25) is 0 Å². The maximum Gasteiger partial charge on any atom is 0.417 e. The molecule has 1 saturated heterocycles. The first-order chi connectivity index (χ1) is 16.8. The van der Waals surface area contributed by atoms with Gasteiger partial charge >= 0.3 is 6.18 Å². The lowest BCUT2D eigenvalue weighted by molar-refractivity contribution is -0.137. The van der Waals surface area contributed by atoms with Gasteiger partial charge < -0.3 is 10.2 Å². The van der Waals surface area contributed by atoms with Crippen molar-refractivity contribution in [2.24, 2.45) is 5.92 Å². The van der Waals surface area contributed by atoms with Crippen LogP contribution >= 0.6 is 11.3 Å². The highest BCUT2D eigenvalue weighted by atomic mass is 32.1. The Morgan fingerprint density at radius 2 is 1.97 bits per heavy atom. The van der Waals surface area contributed by atoms with Gasteiger partial charge in [-0.3, -0.25) is 4.79 Å². The Balaban J connectivity index is 1.61. The number of hydrogen-bond acceptors (Lipinski definition) is 5. The minimum atomic E-state index is -4.51. The number of aromatic nitrogens is 2. The van der Waals surface area contributed by atoms with Crippen LogP contribution in [0.5, 0.6) is 0 Å². The zero-order valence-corrected chi connectivity index (χ0v) is 20.7. The number of anilines is 1. The maximum atomic E-state index is 14.6. The number of piperidine rings is 1. The Morgan fingerprint density at radius 1 is 1.22 bits per heavy atom. The molecule has 2 aromatic heterocycles. The highest BCUT2D eigenvalue weighted by Crippen LogP contribution is 2.38. The van der Waals surface area contributed by atoms with E-state index in [4.69, 9.17) is 0 Å². The number of nitrogens with one attached hydrogen (secondary N) is 1. The van der Waals surface area contributed by atoms with E-state index in [1.807, 2.05) is 31.2 Å². The molecule has 0 radical (unpaired) electrons. The van der Waals surface area contributed by atoms with Gasteiger partial charge in [0.05, 0.1) is 28.0 Å². The Morgan fingerprint density at radius 3 is 2.61 bits per heavy atom. The third-order valence-electron chi connectivity index (χ3n) is 6.14. The molecule has 0 aliphatic carbocycles. The second-order valence-electron chi connectivity index (χ2n) is 9.13. The molecule has 192 valence electrons. The summed E-state index contributed by atoms with van der Waals surface area (Å²) >= 11 is 1.32. The van der Waals surface area contributed by atoms with Crippen molar-refractivity contribution in [2.45, 2.75) is 45.3 Å². The third kappa shape index (κ3) is 5.66. The van der Waals surface area contributed by atoms with E-state index in [9.17, 15) is 26.7 Å². The van der Waals surface area contributed by atoms with Gasteiger partial charge in [-0.05, 0) is 37.5 Å². The summed E-state index contributed by atoms with van der Waals surface area (Å²) in [7, 11) is 0. The number of alkyl halides is 5. The summed E-state index contributed by atoms with van der Waals surface area (Å²) < 4.78 is 67.7. The zero-order chi connectivity index (χ0) is 26.3. The summed E-state index contributed by atoms with van der Waals surface area (Å²) in [4.78, 5) is 23.6. The summed E-state index contributed by atoms with van der Waals surface area (Å²) in [5, 5.41) is 3.55. The number of pyridine rings is 1. The first-order valence-corrected chi connectivity index (χ1v) is 12.2. The number of hydrogen-bond donors (Lipinski definition) is 1. The van der Waals surface area contributed by atoms with Crippen LogP contribution in [0.3, 0.4) is 0 Å². The molecule has 1 N–H and O–H groups in total. The lowest BCUT2D eigenvalue weighted by Crippen LogP contribution is -2.57. The molecule has 5 nitrogen and oxygen atoms in total. The first-order valence-electron chi connectivity index (χ1n) is 11.3. The summed E-state index contributed by atoms with van der Waals surface area (Å²) in [6.07, 6.45) is -4.22. The third-order valence-corrected chi connectivity index (χ3v) is 7.16. The predicted octanol–water partition coefficient (Wildman–Crippen LogP) is 6.44. The molecule has 2 atom stereocenters. The van der Waals surface area contributed by atoms with E-state index >= 15 is 0 Å². The van der Waals surface area contributed by atoms with E-state index in [0.717, 1.165) is 22.1 Å². The molecule has 1 amide bonds. The average molecular weight is 525 g/mol. The number of rotatable bonds is 5. The number of carbonyl (C=O) groups is 1. The number of carbonyl (C=O) groups excluding carboxylic acids is 1. The van der Waals surface area contributed by atoms with E-state index in [-0.39, 0.29) is 18.1 Å². The van der Waals surface area contributed by atoms with E-state index in [2.05, 4.69) is 15.3 Å². The molecule has 36 heavy (non-hydrogen) atoms. The van der Waals surface area contributed by atoms with E-state index in [1.165, 1.54) is 17.4 Å². The highest BCUT2D eigenvalue weighted by molar-refractivity contribution is 7.15. The van der Waals surface area contributed by atoms with E-state index in [1.54, 1.807) is 13.8 Å². The molecule has 3 heterocycles. The molecule has 1 aliphatic rings. The smallest absolute Gasteiger partial charge is 0.368 e. The van der Waals surface area contributed by atoms with Crippen molar-refractivity contribution in [3.8, 4) is 10.4 Å². The number of likely N-dealkylation sites (tertiary alicyclic amines) is 1. The van der Waals surface area contributed by atoms with Crippen LogP contribution < -0.4 is 5.32 Å². The molecule has 0 unspecified atom stereocenters. The van der Waals surface area contributed by atoms with E-state index < -0.39 is 48.5 Å². The van der Waals surface area contributed by atoms with Crippen LogP contribution in [0.15, 0.2) is 42.6 Å². The van der Waals surface area contributed by atoms with Gasteiger partial charge in [-0.2, -0.15) is 13.2 Å². The number of aryl methyl sites for hydroxylation is 2. The monoisotopic (exact) mass is 524 g/mol.